The molecule has 13 rings (SSSR count). The number of benzene rings is 8. The quantitative estimate of drug-likeness (QED) is 0.123. The maximum absolute atomic E-state index is 14.4. The highest BCUT2D eigenvalue weighted by Gasteiger charge is 2.29. The Morgan fingerprint density at radius 2 is 0.607 bits per heavy atom. The number of anilines is 6. The van der Waals surface area contributed by atoms with Gasteiger partial charge in [0.05, 0.1) is 65.8 Å². The van der Waals surface area contributed by atoms with E-state index < -0.39 is 67.9 Å². The Balaban J connectivity index is 0.889. The largest absolute Gasteiger partial charge is 0.504 e. The monoisotopic (exact) mass is 1110 g/mol. The second kappa shape index (κ2) is 19.2. The molecule has 19 heteroatoms. The molecular weight excluding hydrogens is 1070 g/mol. The summed E-state index contributed by atoms with van der Waals surface area (Å²) in [5, 5.41) is 21.8. The van der Waals surface area contributed by atoms with Gasteiger partial charge in [0.25, 0.3) is 44.5 Å². The lowest BCUT2D eigenvalue weighted by atomic mass is 10.1. The summed E-state index contributed by atoms with van der Waals surface area (Å²) in [6.45, 7) is 11.5. The van der Waals surface area contributed by atoms with Gasteiger partial charge < -0.3 is 20.0 Å². The highest BCUT2D eigenvalue weighted by molar-refractivity contribution is 6.00. The fourth-order valence-corrected chi connectivity index (χ4v) is 10.8. The van der Waals surface area contributed by atoms with Crippen LogP contribution in [0.15, 0.2) is 203 Å². The van der Waals surface area contributed by atoms with Crippen molar-refractivity contribution in [3.05, 3.63) is 275 Å². The highest BCUT2D eigenvalue weighted by atomic mass is 16.3. The van der Waals surface area contributed by atoms with Crippen LogP contribution in [0.5, 0.6) is 11.5 Å². The zero-order chi connectivity index (χ0) is 58.7. The van der Waals surface area contributed by atoms with Crippen LogP contribution in [-0.2, 0) is 0 Å². The standard InChI is InChI=1S/C65H43N9O10/c1-6-53-66-64(73-60(81)45-29-41-42(30-46(45)61(73)82)57(78)71(56(41)77)51-11-7-9-49(54(51)75)69(37-21-13-33(2)14-22-37)38-23-15-34(3)16-24-38)68-65(67-53)74-62(83)47-31-43-44(32-48(47)63(74)84)59(80)72(58(43)79)52-12-8-10-50(55(52)76)70(39-25-17-35(4)18-26-39)40-27-19-36(5)20-28-40/h6-32,75-76H,1H2,2-5H3. The maximum Gasteiger partial charge on any atom is 0.268 e. The Morgan fingerprint density at radius 1 is 0.357 bits per heavy atom. The molecule has 408 valence electrons. The Hall–Kier alpha value is -11.7. The van der Waals surface area contributed by atoms with Crippen LogP contribution in [0.1, 0.15) is 28.1 Å². The summed E-state index contributed by atoms with van der Waals surface area (Å²) in [5.41, 5.74) is -0.788. The Kier molecular flexibility index (Phi) is 11.8. The third kappa shape index (κ3) is 7.92. The highest BCUT2D eigenvalue weighted by Crippen LogP contribution is 2.44. The number of fused-ring (bicyclic) bond motifs is 4. The number of rotatable bonds is 11. The number of nitrogens with zero attached hydrogens (tertiary/aromatic N) is 9. The molecule has 0 unspecified atom stereocenters. The van der Waals surface area contributed by atoms with Crippen LogP contribution in [0.2, 0.25) is 0 Å². The van der Waals surface area contributed by atoms with Crippen LogP contribution in [0.4, 0.5) is 34.1 Å². The predicted octanol–water partition coefficient (Wildman–Crippen LogP) is 8.51. The van der Waals surface area contributed by atoms with Gasteiger partial charge in [0.1, 0.15) is 0 Å². The van der Waals surface area contributed by atoms with Crippen molar-refractivity contribution in [2.45, 2.75) is 27.7 Å². The van der Waals surface area contributed by atoms with Gasteiger partial charge in [0.15, 0.2) is 17.3 Å². The minimum Gasteiger partial charge on any atom is -0.504 e. The molecule has 0 saturated carbocycles. The lowest BCUT2D eigenvalue weighted by molar-refractivity contribution is 0.472. The lowest BCUT2D eigenvalue weighted by Gasteiger charge is -2.27. The second-order valence-corrected chi connectivity index (χ2v) is 20.5. The van der Waals surface area contributed by atoms with Gasteiger partial charge in [0, 0.05) is 22.7 Å². The third-order valence-electron chi connectivity index (χ3n) is 15.1. The van der Waals surface area contributed by atoms with Crippen molar-refractivity contribution in [1.29, 1.82) is 0 Å². The van der Waals surface area contributed by atoms with E-state index in [-0.39, 0.29) is 71.7 Å². The molecule has 13 aromatic rings. The molecule has 0 aliphatic carbocycles. The van der Waals surface area contributed by atoms with Crippen molar-refractivity contribution < 1.29 is 10.2 Å². The summed E-state index contributed by atoms with van der Waals surface area (Å²) in [4.78, 5) is 131. The van der Waals surface area contributed by atoms with Crippen molar-refractivity contribution in [2.24, 2.45) is 0 Å². The van der Waals surface area contributed by atoms with Crippen LogP contribution in [0, 0.1) is 27.7 Å². The minimum absolute atomic E-state index is 0.156. The van der Waals surface area contributed by atoms with E-state index in [1.165, 1.54) is 12.1 Å². The first-order valence-electron chi connectivity index (χ1n) is 26.2. The summed E-state index contributed by atoms with van der Waals surface area (Å²) in [5.74, 6) is -2.40. The number of aromatic nitrogens is 7. The Bertz CT molecular complexity index is 4830. The maximum atomic E-state index is 14.4. The van der Waals surface area contributed by atoms with Crippen molar-refractivity contribution in [1.82, 2.24) is 33.2 Å². The van der Waals surface area contributed by atoms with Gasteiger partial charge in [-0.05, 0) is 131 Å². The molecule has 0 aliphatic rings. The third-order valence-corrected chi connectivity index (χ3v) is 15.1. The van der Waals surface area contributed by atoms with E-state index in [0.29, 0.717) is 31.9 Å². The molecule has 0 aliphatic heterocycles. The fraction of sp³-hybridized carbons (Fsp3) is 0.0615. The van der Waals surface area contributed by atoms with Crippen LogP contribution in [0.3, 0.4) is 0 Å². The Labute approximate surface area is 472 Å². The molecule has 8 aromatic carbocycles. The first-order chi connectivity index (χ1) is 40.4. The zero-order valence-corrected chi connectivity index (χ0v) is 45.0. The van der Waals surface area contributed by atoms with E-state index in [1.54, 1.807) is 34.1 Å². The van der Waals surface area contributed by atoms with Crippen LogP contribution in [0.25, 0.3) is 72.4 Å². The minimum atomic E-state index is -1.03. The molecule has 5 aromatic heterocycles. The molecule has 0 bridgehead atoms. The fourth-order valence-electron chi connectivity index (χ4n) is 10.8. The van der Waals surface area contributed by atoms with Gasteiger partial charge in [0.2, 0.25) is 11.9 Å². The van der Waals surface area contributed by atoms with Crippen molar-refractivity contribution >= 4 is 83.3 Å². The average molecular weight is 1110 g/mol. The van der Waals surface area contributed by atoms with Gasteiger partial charge in [-0.25, -0.2) is 18.3 Å². The zero-order valence-electron chi connectivity index (χ0n) is 45.0. The molecule has 0 saturated heterocycles. The number of hydrogen-bond donors (Lipinski definition) is 2. The molecule has 0 fully saturated rings. The smallest absolute Gasteiger partial charge is 0.268 e. The predicted molar refractivity (Wildman–Crippen MR) is 324 cm³/mol. The number of hydrogen-bond acceptors (Lipinski definition) is 15. The van der Waals surface area contributed by atoms with Gasteiger partial charge >= 0.3 is 0 Å². The topological polar surface area (TPSA) is 242 Å². The summed E-state index contributed by atoms with van der Waals surface area (Å²) in [6.07, 6.45) is 1.11. The first kappa shape index (κ1) is 51.7. The number of phenolic OH excluding ortho intramolecular Hbond substituents is 2. The first-order valence-corrected chi connectivity index (χ1v) is 26.2. The van der Waals surface area contributed by atoms with Crippen molar-refractivity contribution in [2.75, 3.05) is 9.80 Å². The van der Waals surface area contributed by atoms with Gasteiger partial charge in [-0.3, -0.25) is 38.4 Å². The summed E-state index contributed by atoms with van der Waals surface area (Å²) in [7, 11) is 0. The number of para-hydroxylation sites is 2. The van der Waals surface area contributed by atoms with E-state index in [0.717, 1.165) is 61.7 Å². The summed E-state index contributed by atoms with van der Waals surface area (Å²) >= 11 is 0. The normalized spacial score (nSPS) is 11.6. The average Bonchev–Trinajstić information content (AvgIpc) is 2.88. The molecular formula is C65H43N9O10. The van der Waals surface area contributed by atoms with Crippen LogP contribution >= 0.6 is 0 Å². The molecule has 2 N–H and O–H groups in total. The van der Waals surface area contributed by atoms with E-state index in [9.17, 15) is 48.6 Å². The van der Waals surface area contributed by atoms with E-state index in [4.69, 9.17) is 0 Å². The number of aryl methyl sites for hydroxylation is 4. The SMILES string of the molecule is C=Cc1nc(-n2c(=O)c3cc4c(=O)n(-c5cccc(N(c6ccc(C)cc6)c6ccc(C)cc6)c5O)c(=O)c4cc3c2=O)nc(-n2c(=O)c3cc4c(=O)n(-c5cccc(N(c6ccc(C)cc6)c6ccc(C)cc6)c5O)c(=O)c4cc3c2=O)n1. The van der Waals surface area contributed by atoms with Gasteiger partial charge in [-0.2, -0.15) is 15.0 Å². The molecule has 84 heavy (non-hydrogen) atoms. The molecule has 5 heterocycles. The molecule has 0 radical (unpaired) electrons. The lowest BCUT2D eigenvalue weighted by Crippen LogP contribution is -2.30. The van der Waals surface area contributed by atoms with Crippen LogP contribution in [-0.4, -0.2) is 43.4 Å². The van der Waals surface area contributed by atoms with Gasteiger partial charge in [-0.15, -0.1) is 0 Å². The van der Waals surface area contributed by atoms with Crippen molar-refractivity contribution in [3.8, 4) is 34.8 Å². The second-order valence-electron chi connectivity index (χ2n) is 20.5. The molecule has 0 amide bonds. The van der Waals surface area contributed by atoms with E-state index in [2.05, 4.69) is 21.5 Å². The Morgan fingerprint density at radius 3 is 0.857 bits per heavy atom. The van der Waals surface area contributed by atoms with E-state index >= 15 is 0 Å². The molecule has 0 atom stereocenters. The van der Waals surface area contributed by atoms with Crippen LogP contribution < -0.4 is 54.3 Å². The summed E-state index contributed by atoms with van der Waals surface area (Å²) < 4.78 is 2.63. The summed E-state index contributed by atoms with van der Waals surface area (Å²) in [6, 6.07) is 43.9. The molecule has 19 nitrogen and oxygen atoms in total. The van der Waals surface area contributed by atoms with Crippen molar-refractivity contribution in [3.63, 3.8) is 0 Å². The number of phenols is 2. The van der Waals surface area contributed by atoms with Gasteiger partial charge in [-0.1, -0.05) is 89.5 Å². The molecule has 0 spiro atoms. The number of aromatic hydroxyl groups is 2. The van der Waals surface area contributed by atoms with E-state index in [1.807, 2.05) is 125 Å².